The highest BCUT2D eigenvalue weighted by molar-refractivity contribution is 6.10. The lowest BCUT2D eigenvalue weighted by molar-refractivity contribution is -0.137. The minimum absolute atomic E-state index is 0.0379. The number of halogens is 3. The van der Waals surface area contributed by atoms with Crippen molar-refractivity contribution >= 4 is 29.0 Å². The lowest BCUT2D eigenvalue weighted by Crippen LogP contribution is -2.16. The van der Waals surface area contributed by atoms with Gasteiger partial charge in [-0.2, -0.15) is 13.2 Å². The van der Waals surface area contributed by atoms with Crippen molar-refractivity contribution in [2.24, 2.45) is 0 Å². The van der Waals surface area contributed by atoms with Crippen LogP contribution < -0.4 is 10.6 Å². The van der Waals surface area contributed by atoms with Crippen molar-refractivity contribution in [2.45, 2.75) is 20.0 Å². The van der Waals surface area contributed by atoms with Crippen LogP contribution in [0.1, 0.15) is 29.8 Å². The number of Topliss-reactive ketones (excluding diaryl/α,β-unsaturated/α-hetero) is 1. The minimum Gasteiger partial charge on any atom is -0.322 e. The monoisotopic (exact) mass is 390 g/mol. The first-order valence-corrected chi connectivity index (χ1v) is 8.15. The number of alkyl halides is 3. The van der Waals surface area contributed by atoms with E-state index in [2.05, 4.69) is 10.6 Å². The Morgan fingerprint density at radius 3 is 2.11 bits per heavy atom. The summed E-state index contributed by atoms with van der Waals surface area (Å²) in [5, 5.41) is 4.85. The number of anilines is 2. The first-order valence-electron chi connectivity index (χ1n) is 8.15. The Morgan fingerprint density at radius 2 is 1.54 bits per heavy atom. The molecule has 0 unspecified atom stereocenters. The molecular formula is C20H17F3N2O3. The summed E-state index contributed by atoms with van der Waals surface area (Å²) in [5.74, 6) is -1.41. The molecule has 0 aliphatic rings. The van der Waals surface area contributed by atoms with Crippen molar-refractivity contribution in [3.63, 3.8) is 0 Å². The summed E-state index contributed by atoms with van der Waals surface area (Å²) in [7, 11) is 0. The molecule has 2 amide bonds. The minimum atomic E-state index is -4.52. The second-order valence-electron chi connectivity index (χ2n) is 5.98. The Balaban J connectivity index is 2.02. The van der Waals surface area contributed by atoms with E-state index in [0.717, 1.165) is 18.2 Å². The highest BCUT2D eigenvalue weighted by atomic mass is 19.4. The maximum Gasteiger partial charge on any atom is 0.416 e. The van der Waals surface area contributed by atoms with Gasteiger partial charge >= 0.3 is 6.18 Å². The van der Waals surface area contributed by atoms with Crippen LogP contribution in [0.25, 0.3) is 0 Å². The fraction of sp³-hybridized carbons (Fsp3) is 0.150. The summed E-state index contributed by atoms with van der Waals surface area (Å²) in [5.41, 5.74) is 0.0498. The van der Waals surface area contributed by atoms with Gasteiger partial charge in [0.2, 0.25) is 5.91 Å². The van der Waals surface area contributed by atoms with Crippen molar-refractivity contribution in [2.75, 3.05) is 10.6 Å². The summed E-state index contributed by atoms with van der Waals surface area (Å²) in [4.78, 5) is 35.3. The Kier molecular flexibility index (Phi) is 6.35. The number of amides is 2. The zero-order valence-electron chi connectivity index (χ0n) is 15.1. The van der Waals surface area contributed by atoms with Gasteiger partial charge in [0.15, 0.2) is 5.78 Å². The molecule has 2 N–H and O–H groups in total. The maximum atomic E-state index is 12.7. The fourth-order valence-corrected chi connectivity index (χ4v) is 2.23. The molecule has 2 rings (SSSR count). The van der Waals surface area contributed by atoms with E-state index in [9.17, 15) is 27.6 Å². The van der Waals surface area contributed by atoms with Crippen molar-refractivity contribution in [3.8, 4) is 0 Å². The second-order valence-corrected chi connectivity index (χ2v) is 5.98. The molecule has 0 aliphatic carbocycles. The molecule has 2 aromatic rings. The van der Waals surface area contributed by atoms with Crippen LogP contribution in [0.5, 0.6) is 0 Å². The molecule has 0 saturated carbocycles. The molecule has 146 valence electrons. The molecule has 0 aliphatic heterocycles. The quantitative estimate of drug-likeness (QED) is 0.586. The predicted molar refractivity (Wildman–Crippen MR) is 98.9 cm³/mol. The van der Waals surface area contributed by atoms with E-state index in [1.54, 1.807) is 24.3 Å². The van der Waals surface area contributed by atoms with Crippen LogP contribution in [0.2, 0.25) is 0 Å². The van der Waals surface area contributed by atoms with Crippen molar-refractivity contribution in [1.29, 1.82) is 0 Å². The second kappa shape index (κ2) is 8.51. The lowest BCUT2D eigenvalue weighted by atomic mass is 10.1. The van der Waals surface area contributed by atoms with Crippen LogP contribution in [-0.2, 0) is 15.8 Å². The molecule has 0 heterocycles. The normalized spacial score (nSPS) is 11.7. The molecule has 0 saturated heterocycles. The summed E-state index contributed by atoms with van der Waals surface area (Å²) in [6.07, 6.45) is -3.54. The fourth-order valence-electron chi connectivity index (χ4n) is 2.23. The zero-order chi connectivity index (χ0) is 20.9. The van der Waals surface area contributed by atoms with Crippen LogP contribution in [-0.4, -0.2) is 17.6 Å². The number of carbonyl (C=O) groups excluding carboxylic acids is 3. The van der Waals surface area contributed by atoms with E-state index in [4.69, 9.17) is 0 Å². The van der Waals surface area contributed by atoms with Crippen molar-refractivity contribution in [3.05, 3.63) is 71.3 Å². The molecule has 0 radical (unpaired) electrons. The Hall–Kier alpha value is -3.42. The molecule has 8 heteroatoms. The molecular weight excluding hydrogens is 373 g/mol. The topological polar surface area (TPSA) is 75.3 Å². The molecule has 28 heavy (non-hydrogen) atoms. The average Bonchev–Trinajstić information content (AvgIpc) is 2.61. The van der Waals surface area contributed by atoms with E-state index in [1.807, 2.05) is 0 Å². The van der Waals surface area contributed by atoms with Crippen LogP contribution in [0.4, 0.5) is 24.5 Å². The van der Waals surface area contributed by atoms with Gasteiger partial charge in [-0.05, 0) is 56.3 Å². The highest BCUT2D eigenvalue weighted by Crippen LogP contribution is 2.30. The number of ketones is 1. The number of hydrogen-bond acceptors (Lipinski definition) is 3. The molecule has 0 atom stereocenters. The van der Waals surface area contributed by atoms with E-state index in [0.29, 0.717) is 11.3 Å². The van der Waals surface area contributed by atoms with Crippen molar-refractivity contribution in [1.82, 2.24) is 0 Å². The van der Waals surface area contributed by atoms with Gasteiger partial charge in [-0.25, -0.2) is 0 Å². The van der Waals surface area contributed by atoms with E-state index in [-0.39, 0.29) is 17.0 Å². The summed E-state index contributed by atoms with van der Waals surface area (Å²) >= 11 is 0. The average molecular weight is 390 g/mol. The van der Waals surface area contributed by atoms with Gasteiger partial charge in [-0.1, -0.05) is 6.07 Å². The highest BCUT2D eigenvalue weighted by Gasteiger charge is 2.30. The Morgan fingerprint density at radius 1 is 0.893 bits per heavy atom. The van der Waals surface area contributed by atoms with E-state index in [1.165, 1.54) is 26.0 Å². The largest absolute Gasteiger partial charge is 0.416 e. The van der Waals surface area contributed by atoms with Crippen LogP contribution in [0.15, 0.2) is 60.2 Å². The number of carbonyl (C=O) groups is 3. The lowest BCUT2D eigenvalue weighted by Gasteiger charge is -2.09. The Labute approximate surface area is 159 Å². The number of nitrogens with one attached hydrogen (secondary N) is 2. The van der Waals surface area contributed by atoms with Gasteiger partial charge in [0.25, 0.3) is 5.91 Å². The Bertz CT molecular complexity index is 932. The summed E-state index contributed by atoms with van der Waals surface area (Å²) in [6.45, 7) is 2.81. The molecule has 2 aromatic carbocycles. The van der Waals surface area contributed by atoms with Crippen LogP contribution >= 0.6 is 0 Å². The van der Waals surface area contributed by atoms with E-state index < -0.39 is 23.6 Å². The zero-order valence-corrected chi connectivity index (χ0v) is 15.1. The SMILES string of the molecule is CC(=O)c1ccc(NC(=O)/C(C)=C\C(=O)Nc2cccc(C(F)(F)F)c2)cc1. The molecule has 0 fully saturated rings. The van der Waals surface area contributed by atoms with Gasteiger partial charge in [0, 0.05) is 28.6 Å². The van der Waals surface area contributed by atoms with E-state index >= 15 is 0 Å². The smallest absolute Gasteiger partial charge is 0.322 e. The van der Waals surface area contributed by atoms with Gasteiger partial charge in [0.1, 0.15) is 0 Å². The number of benzene rings is 2. The van der Waals surface area contributed by atoms with Gasteiger partial charge in [-0.15, -0.1) is 0 Å². The standard InChI is InChI=1S/C20H17F3N2O3/c1-12(19(28)25-16-8-6-14(7-9-16)13(2)26)10-18(27)24-17-5-3-4-15(11-17)20(21,22)23/h3-11H,1-2H3,(H,24,27)(H,25,28)/b12-10-. The molecule has 5 nitrogen and oxygen atoms in total. The van der Waals surface area contributed by atoms with Crippen molar-refractivity contribution < 1.29 is 27.6 Å². The van der Waals surface area contributed by atoms with Crippen LogP contribution in [0.3, 0.4) is 0 Å². The first-order chi connectivity index (χ1) is 13.1. The molecule has 0 aromatic heterocycles. The third-order valence-electron chi connectivity index (χ3n) is 3.71. The summed E-state index contributed by atoms with van der Waals surface area (Å²) < 4.78 is 38.1. The number of rotatable bonds is 5. The molecule has 0 spiro atoms. The number of hydrogen-bond donors (Lipinski definition) is 2. The molecule has 0 bridgehead atoms. The first kappa shape index (κ1) is 20.9. The third kappa shape index (κ3) is 5.80. The third-order valence-corrected chi connectivity index (χ3v) is 3.71. The van der Waals surface area contributed by atoms with Gasteiger partial charge in [0.05, 0.1) is 5.56 Å². The van der Waals surface area contributed by atoms with Gasteiger partial charge in [-0.3, -0.25) is 14.4 Å². The maximum absolute atomic E-state index is 12.7. The van der Waals surface area contributed by atoms with Crippen LogP contribution in [0, 0.1) is 0 Å². The summed E-state index contributed by atoms with van der Waals surface area (Å²) in [6, 6.07) is 10.4. The predicted octanol–water partition coefficient (Wildman–Crippen LogP) is 4.43. The van der Waals surface area contributed by atoms with Gasteiger partial charge < -0.3 is 10.6 Å².